The zero-order chi connectivity index (χ0) is 25.8. The largest absolute Gasteiger partial charge is 0.469 e. The van der Waals surface area contributed by atoms with Crippen molar-refractivity contribution in [2.45, 2.75) is 96.4 Å². The van der Waals surface area contributed by atoms with Crippen LogP contribution in [0.5, 0.6) is 0 Å². The van der Waals surface area contributed by atoms with Crippen molar-refractivity contribution in [2.24, 2.45) is 34.0 Å². The van der Waals surface area contributed by atoms with E-state index in [-0.39, 0.29) is 52.2 Å². The summed E-state index contributed by atoms with van der Waals surface area (Å²) < 4.78 is 25.2. The van der Waals surface area contributed by atoms with Crippen LogP contribution in [0.2, 0.25) is 39.3 Å². The van der Waals surface area contributed by atoms with Crippen molar-refractivity contribution in [3.8, 4) is 0 Å². The molecule has 8 atom stereocenters. The quantitative estimate of drug-likeness (QED) is 0.278. The normalized spacial score (nSPS) is 46.6. The van der Waals surface area contributed by atoms with Crippen LogP contribution in [-0.4, -0.2) is 54.0 Å². The molecule has 0 aromatic carbocycles. The number of cyclic esters (lactones) is 1. The number of rotatable bonds is 5. The van der Waals surface area contributed by atoms with E-state index in [4.69, 9.17) is 18.3 Å². The third kappa shape index (κ3) is 3.38. The van der Waals surface area contributed by atoms with Crippen molar-refractivity contribution in [3.63, 3.8) is 0 Å². The molecule has 35 heavy (non-hydrogen) atoms. The van der Waals surface area contributed by atoms with E-state index in [9.17, 15) is 9.59 Å². The molecule has 0 amide bonds. The van der Waals surface area contributed by atoms with Crippen molar-refractivity contribution in [2.75, 3.05) is 13.7 Å². The third-order valence-corrected chi connectivity index (χ3v) is 12.1. The lowest BCUT2D eigenvalue weighted by atomic mass is 9.50. The van der Waals surface area contributed by atoms with Gasteiger partial charge in [-0.3, -0.25) is 9.59 Å². The molecule has 0 aromatic rings. The Morgan fingerprint density at radius 1 is 1.06 bits per heavy atom. The Morgan fingerprint density at radius 3 is 2.34 bits per heavy atom. The van der Waals surface area contributed by atoms with E-state index < -0.39 is 22.0 Å². The lowest BCUT2D eigenvalue weighted by Crippen LogP contribution is -2.65. The highest BCUT2D eigenvalue weighted by atomic mass is 28.4. The van der Waals surface area contributed by atoms with E-state index in [0.29, 0.717) is 6.61 Å². The molecular weight excluding hydrogens is 476 g/mol. The van der Waals surface area contributed by atoms with E-state index in [1.807, 2.05) is 6.92 Å². The molecule has 1 aliphatic heterocycles. The Bertz CT molecular complexity index is 968. The number of carbonyl (C=O) groups excluding carboxylic acids is 2. The van der Waals surface area contributed by atoms with Crippen LogP contribution in [-0.2, 0) is 27.9 Å². The molecule has 4 saturated carbocycles. The monoisotopic (exact) mass is 520 g/mol. The molecule has 1 saturated heterocycles. The zero-order valence-electron chi connectivity index (χ0n) is 22.9. The molecule has 6 nitrogen and oxygen atoms in total. The lowest BCUT2D eigenvalue weighted by molar-refractivity contribution is -0.218. The molecule has 5 rings (SSSR count). The Balaban J connectivity index is 1.67. The predicted octanol–water partition coefficient (Wildman–Crippen LogP) is 5.31. The van der Waals surface area contributed by atoms with Crippen molar-refractivity contribution in [3.05, 3.63) is 12.2 Å². The maximum Gasteiger partial charge on any atom is 0.314 e. The highest BCUT2D eigenvalue weighted by Crippen LogP contribution is 2.80. The van der Waals surface area contributed by atoms with Gasteiger partial charge in [0.25, 0.3) is 0 Å². The fourth-order valence-corrected chi connectivity index (χ4v) is 12.2. The molecular formula is C27H44O6Si2. The van der Waals surface area contributed by atoms with Gasteiger partial charge in [-0.1, -0.05) is 6.58 Å². The van der Waals surface area contributed by atoms with E-state index in [1.165, 1.54) is 7.11 Å². The molecule has 0 radical (unpaired) electrons. The highest BCUT2D eigenvalue weighted by molar-refractivity contribution is 6.70. The summed E-state index contributed by atoms with van der Waals surface area (Å²) in [5, 5.41) is 0. The molecule has 1 spiro atoms. The second-order valence-corrected chi connectivity index (χ2v) is 23.2. The number of ether oxygens (including phenoxy) is 2. The first-order valence-corrected chi connectivity index (χ1v) is 20.2. The summed E-state index contributed by atoms with van der Waals surface area (Å²) in [5.74, 6) is -0.645. The lowest BCUT2D eigenvalue weighted by Gasteiger charge is -2.59. The molecule has 1 unspecified atom stereocenters. The van der Waals surface area contributed by atoms with E-state index in [1.54, 1.807) is 0 Å². The molecule has 8 heteroatoms. The van der Waals surface area contributed by atoms with Gasteiger partial charge in [-0.15, -0.1) is 0 Å². The fourth-order valence-electron chi connectivity index (χ4n) is 9.53. The standard InChI is InChI=1S/C27H44O6Si2/c1-17-14-26-15-27(17,33-35(7,8)9)13-10-18(26)25-12-11-19(32-34(4,5)6)24(2,23(29)31-16-25)21(25)20(26)22(28)30-3/h18-21H,1,10-16H2,2-9H3/t18-,19-,20+,21+,24?,25+,26-,27-/m0/s1. The molecule has 196 valence electrons. The van der Waals surface area contributed by atoms with Crippen molar-refractivity contribution < 1.29 is 27.9 Å². The second-order valence-electron chi connectivity index (χ2n) is 14.3. The first-order valence-electron chi connectivity index (χ1n) is 13.4. The summed E-state index contributed by atoms with van der Waals surface area (Å²) in [7, 11) is -2.31. The summed E-state index contributed by atoms with van der Waals surface area (Å²) in [6.07, 6.45) is 5.00. The number of methoxy groups -OCH3 is 1. The fraction of sp³-hybridized carbons (Fsp3) is 0.852. The van der Waals surface area contributed by atoms with Crippen LogP contribution in [0.25, 0.3) is 0 Å². The molecule has 0 N–H and O–H groups in total. The SMILES string of the molecule is C=C1C[C@]23C[C@@]1(O[Si](C)(C)C)CC[C@H]2[C@@]12CC[C@H](O[Si](C)(C)C)C(C)(C(=O)OC1)[C@H]2[C@@H]3C(=O)OC. The van der Waals surface area contributed by atoms with Gasteiger partial charge in [0.05, 0.1) is 36.8 Å². The first-order chi connectivity index (χ1) is 16.0. The predicted molar refractivity (Wildman–Crippen MR) is 139 cm³/mol. The van der Waals surface area contributed by atoms with Crippen LogP contribution in [0.3, 0.4) is 0 Å². The van der Waals surface area contributed by atoms with Crippen molar-refractivity contribution >= 4 is 28.6 Å². The van der Waals surface area contributed by atoms with Gasteiger partial charge in [0.1, 0.15) is 0 Å². The molecule has 5 fully saturated rings. The van der Waals surface area contributed by atoms with Crippen LogP contribution >= 0.6 is 0 Å². The maximum atomic E-state index is 13.8. The van der Waals surface area contributed by atoms with E-state index in [2.05, 4.69) is 45.9 Å². The number of hydrogen-bond donors (Lipinski definition) is 0. The van der Waals surface area contributed by atoms with Crippen molar-refractivity contribution in [1.29, 1.82) is 0 Å². The minimum atomic E-state index is -1.94. The minimum Gasteiger partial charge on any atom is -0.469 e. The van der Waals surface area contributed by atoms with Crippen LogP contribution < -0.4 is 0 Å². The topological polar surface area (TPSA) is 71.1 Å². The van der Waals surface area contributed by atoms with E-state index in [0.717, 1.165) is 44.1 Å². The molecule has 4 bridgehead atoms. The summed E-state index contributed by atoms with van der Waals surface area (Å²) >= 11 is 0. The van der Waals surface area contributed by atoms with Crippen LogP contribution in [0.15, 0.2) is 12.2 Å². The Morgan fingerprint density at radius 2 is 1.74 bits per heavy atom. The number of fused-ring (bicyclic) bond motifs is 1. The van der Waals surface area contributed by atoms with Gasteiger partial charge in [-0.05, 0) is 102 Å². The zero-order valence-corrected chi connectivity index (χ0v) is 24.9. The van der Waals surface area contributed by atoms with Gasteiger partial charge in [0.2, 0.25) is 0 Å². The molecule has 5 aliphatic rings. The molecule has 4 aliphatic carbocycles. The average molecular weight is 521 g/mol. The van der Waals surface area contributed by atoms with Gasteiger partial charge in [0, 0.05) is 11.3 Å². The van der Waals surface area contributed by atoms with Gasteiger partial charge in [0.15, 0.2) is 16.6 Å². The summed E-state index contributed by atoms with van der Waals surface area (Å²) in [6, 6.07) is 0. The van der Waals surface area contributed by atoms with Gasteiger partial charge >= 0.3 is 11.9 Å². The Labute approximate surface area is 212 Å². The average Bonchev–Trinajstić information content (AvgIpc) is 3.10. The second kappa shape index (κ2) is 7.54. The van der Waals surface area contributed by atoms with Crippen LogP contribution in [0.1, 0.15) is 45.4 Å². The molecule has 0 aromatic heterocycles. The smallest absolute Gasteiger partial charge is 0.314 e. The molecule has 1 heterocycles. The number of hydrogen-bond acceptors (Lipinski definition) is 6. The van der Waals surface area contributed by atoms with Crippen LogP contribution in [0, 0.1) is 34.0 Å². The number of esters is 2. The highest BCUT2D eigenvalue weighted by Gasteiger charge is 2.81. The number of carbonyl (C=O) groups is 2. The minimum absolute atomic E-state index is 0.155. The third-order valence-electron chi connectivity index (χ3n) is 10.1. The van der Waals surface area contributed by atoms with E-state index >= 15 is 0 Å². The van der Waals surface area contributed by atoms with Gasteiger partial charge in [-0.2, -0.15) is 0 Å². The van der Waals surface area contributed by atoms with Crippen molar-refractivity contribution in [1.82, 2.24) is 0 Å². The Kier molecular flexibility index (Phi) is 5.53. The van der Waals surface area contributed by atoms with Crippen LogP contribution in [0.4, 0.5) is 0 Å². The maximum absolute atomic E-state index is 13.8. The summed E-state index contributed by atoms with van der Waals surface area (Å²) in [6.45, 7) is 20.2. The summed E-state index contributed by atoms with van der Waals surface area (Å²) in [4.78, 5) is 27.5. The van der Waals surface area contributed by atoms with Gasteiger partial charge < -0.3 is 18.3 Å². The summed E-state index contributed by atoms with van der Waals surface area (Å²) in [5.41, 5.74) is -0.639. The van der Waals surface area contributed by atoms with Gasteiger partial charge in [-0.25, -0.2) is 0 Å². The first kappa shape index (κ1) is 25.7. The Hall–Kier alpha value is -0.966.